The minimum atomic E-state index is 0.403. The number of aromatic hydroxyl groups is 1. The highest BCUT2D eigenvalue weighted by Crippen LogP contribution is 2.28. The highest BCUT2D eigenvalue weighted by atomic mass is 16.3. The predicted molar refractivity (Wildman–Crippen MR) is 66.4 cm³/mol. The molecule has 1 fully saturated rings. The van der Waals surface area contributed by atoms with Crippen LogP contribution in [-0.4, -0.2) is 11.1 Å². The second-order valence-corrected chi connectivity index (χ2v) is 4.79. The molecule has 2 N–H and O–H groups in total. The molecule has 16 heavy (non-hydrogen) atoms. The number of nitrogens with one attached hydrogen (secondary N) is 1. The van der Waals surface area contributed by atoms with Crippen molar-refractivity contribution >= 4 is 0 Å². The van der Waals surface area contributed by atoms with Gasteiger partial charge in [-0.05, 0) is 31.2 Å². The summed E-state index contributed by atoms with van der Waals surface area (Å²) < 4.78 is 0. The zero-order valence-corrected chi connectivity index (χ0v) is 9.95. The molecule has 0 saturated heterocycles. The average molecular weight is 219 g/mol. The van der Waals surface area contributed by atoms with Crippen molar-refractivity contribution in [3.05, 3.63) is 29.8 Å². The van der Waals surface area contributed by atoms with Crippen molar-refractivity contribution in [2.24, 2.45) is 5.92 Å². The highest BCUT2D eigenvalue weighted by Gasteiger charge is 2.22. The highest BCUT2D eigenvalue weighted by molar-refractivity contribution is 5.31. The number of hydrogen-bond acceptors (Lipinski definition) is 2. The summed E-state index contributed by atoms with van der Waals surface area (Å²) in [6.07, 6.45) is 5.24. The van der Waals surface area contributed by atoms with Gasteiger partial charge < -0.3 is 10.4 Å². The molecule has 0 aliphatic heterocycles. The van der Waals surface area contributed by atoms with Gasteiger partial charge >= 0.3 is 0 Å². The molecule has 0 bridgehead atoms. The third-order valence-corrected chi connectivity index (χ3v) is 3.69. The molecule has 0 amide bonds. The molecule has 0 spiro atoms. The summed E-state index contributed by atoms with van der Waals surface area (Å²) in [6, 6.07) is 8.21. The van der Waals surface area contributed by atoms with Gasteiger partial charge in [0.2, 0.25) is 0 Å². The summed E-state index contributed by atoms with van der Waals surface area (Å²) in [6.45, 7) is 3.06. The minimum Gasteiger partial charge on any atom is -0.508 e. The molecule has 0 aromatic heterocycles. The molecule has 2 heteroatoms. The largest absolute Gasteiger partial charge is 0.508 e. The SMILES string of the molecule is CCC1CCC(NCc2ccccc2O)C1. The van der Waals surface area contributed by atoms with Gasteiger partial charge in [0.15, 0.2) is 0 Å². The van der Waals surface area contributed by atoms with Crippen LogP contribution in [0, 0.1) is 5.92 Å². The average Bonchev–Trinajstić information content (AvgIpc) is 2.76. The predicted octanol–water partition coefficient (Wildman–Crippen LogP) is 3.06. The van der Waals surface area contributed by atoms with Crippen LogP contribution in [0.4, 0.5) is 0 Å². The second-order valence-electron chi connectivity index (χ2n) is 4.79. The van der Waals surface area contributed by atoms with E-state index in [0.29, 0.717) is 11.8 Å². The normalized spacial score (nSPS) is 24.8. The Morgan fingerprint density at radius 2 is 2.12 bits per heavy atom. The van der Waals surface area contributed by atoms with Crippen molar-refractivity contribution < 1.29 is 5.11 Å². The summed E-state index contributed by atoms with van der Waals surface area (Å²) in [5.74, 6) is 1.31. The minimum absolute atomic E-state index is 0.403. The van der Waals surface area contributed by atoms with Gasteiger partial charge in [0.25, 0.3) is 0 Å². The number of benzene rings is 1. The lowest BCUT2D eigenvalue weighted by molar-refractivity contribution is 0.449. The van der Waals surface area contributed by atoms with Crippen molar-refractivity contribution in [3.63, 3.8) is 0 Å². The molecule has 0 heterocycles. The van der Waals surface area contributed by atoms with Gasteiger partial charge in [0.1, 0.15) is 5.75 Å². The molecule has 1 saturated carbocycles. The topological polar surface area (TPSA) is 32.3 Å². The Labute approximate surface area is 97.7 Å². The van der Waals surface area contributed by atoms with Gasteiger partial charge in [-0.1, -0.05) is 31.5 Å². The van der Waals surface area contributed by atoms with E-state index in [2.05, 4.69) is 12.2 Å². The molecule has 88 valence electrons. The summed E-state index contributed by atoms with van der Waals surface area (Å²) >= 11 is 0. The summed E-state index contributed by atoms with van der Waals surface area (Å²) in [5, 5.41) is 13.2. The van der Waals surface area contributed by atoms with Crippen LogP contribution in [0.15, 0.2) is 24.3 Å². The summed E-state index contributed by atoms with van der Waals surface area (Å²) in [5.41, 5.74) is 1.00. The van der Waals surface area contributed by atoms with Gasteiger partial charge in [-0.25, -0.2) is 0 Å². The van der Waals surface area contributed by atoms with E-state index >= 15 is 0 Å². The lowest BCUT2D eigenvalue weighted by Gasteiger charge is -2.13. The van der Waals surface area contributed by atoms with Gasteiger partial charge in [-0.2, -0.15) is 0 Å². The standard InChI is InChI=1S/C14H21NO/c1-2-11-7-8-13(9-11)15-10-12-5-3-4-6-14(12)16/h3-6,11,13,15-16H,2,7-10H2,1H3. The Hall–Kier alpha value is -1.02. The van der Waals surface area contributed by atoms with E-state index in [1.807, 2.05) is 18.2 Å². The Bertz CT molecular complexity index is 337. The number of phenols is 1. The smallest absolute Gasteiger partial charge is 0.120 e. The fourth-order valence-electron chi connectivity index (χ4n) is 2.55. The molecule has 2 unspecified atom stereocenters. The lowest BCUT2D eigenvalue weighted by atomic mass is 10.1. The molecule has 1 aliphatic carbocycles. The third-order valence-electron chi connectivity index (χ3n) is 3.69. The second kappa shape index (κ2) is 5.35. The fourth-order valence-corrected chi connectivity index (χ4v) is 2.55. The zero-order chi connectivity index (χ0) is 11.4. The van der Waals surface area contributed by atoms with Crippen molar-refractivity contribution in [3.8, 4) is 5.75 Å². The van der Waals surface area contributed by atoms with E-state index in [4.69, 9.17) is 0 Å². The van der Waals surface area contributed by atoms with Gasteiger partial charge in [-0.15, -0.1) is 0 Å². The Morgan fingerprint density at radius 3 is 2.81 bits per heavy atom. The van der Waals surface area contributed by atoms with Crippen LogP contribution in [0.25, 0.3) is 0 Å². The fraction of sp³-hybridized carbons (Fsp3) is 0.571. The molecule has 1 aromatic carbocycles. The molecular formula is C14H21NO. The monoisotopic (exact) mass is 219 g/mol. The molecule has 1 aromatic rings. The van der Waals surface area contributed by atoms with E-state index in [-0.39, 0.29) is 0 Å². The van der Waals surface area contributed by atoms with Crippen molar-refractivity contribution in [2.75, 3.05) is 0 Å². The van der Waals surface area contributed by atoms with E-state index in [1.54, 1.807) is 6.07 Å². The first-order chi connectivity index (χ1) is 7.79. The molecule has 0 radical (unpaired) electrons. The maximum Gasteiger partial charge on any atom is 0.120 e. The first kappa shape index (κ1) is 11.5. The zero-order valence-electron chi connectivity index (χ0n) is 9.95. The Kier molecular flexibility index (Phi) is 3.83. The Morgan fingerprint density at radius 1 is 1.31 bits per heavy atom. The van der Waals surface area contributed by atoms with Crippen LogP contribution < -0.4 is 5.32 Å². The van der Waals surface area contributed by atoms with Crippen molar-refractivity contribution in [1.29, 1.82) is 0 Å². The lowest BCUT2D eigenvalue weighted by Crippen LogP contribution is -2.25. The van der Waals surface area contributed by atoms with Crippen LogP contribution in [0.2, 0.25) is 0 Å². The summed E-state index contributed by atoms with van der Waals surface area (Å²) in [7, 11) is 0. The van der Waals surface area contributed by atoms with Crippen LogP contribution in [0.3, 0.4) is 0 Å². The maximum absolute atomic E-state index is 9.64. The van der Waals surface area contributed by atoms with Gasteiger partial charge in [0, 0.05) is 18.2 Å². The van der Waals surface area contributed by atoms with E-state index < -0.39 is 0 Å². The number of hydrogen-bond donors (Lipinski definition) is 2. The van der Waals surface area contributed by atoms with Crippen LogP contribution in [0.5, 0.6) is 5.75 Å². The number of phenolic OH excluding ortho intramolecular Hbond substituents is 1. The first-order valence-electron chi connectivity index (χ1n) is 6.30. The van der Waals surface area contributed by atoms with E-state index in [1.165, 1.54) is 25.7 Å². The number of para-hydroxylation sites is 1. The number of rotatable bonds is 4. The molecular weight excluding hydrogens is 198 g/mol. The molecule has 2 rings (SSSR count). The van der Waals surface area contributed by atoms with E-state index in [0.717, 1.165) is 18.0 Å². The molecule has 1 aliphatic rings. The van der Waals surface area contributed by atoms with E-state index in [9.17, 15) is 5.11 Å². The maximum atomic E-state index is 9.64. The van der Waals surface area contributed by atoms with Gasteiger partial charge in [0.05, 0.1) is 0 Å². The van der Waals surface area contributed by atoms with Crippen molar-refractivity contribution in [2.45, 2.75) is 45.2 Å². The molecule has 2 atom stereocenters. The van der Waals surface area contributed by atoms with Crippen LogP contribution in [-0.2, 0) is 6.54 Å². The van der Waals surface area contributed by atoms with Crippen molar-refractivity contribution in [1.82, 2.24) is 5.32 Å². The summed E-state index contributed by atoms with van der Waals surface area (Å²) in [4.78, 5) is 0. The molecule has 2 nitrogen and oxygen atoms in total. The van der Waals surface area contributed by atoms with Gasteiger partial charge in [-0.3, -0.25) is 0 Å². The van der Waals surface area contributed by atoms with Crippen LogP contribution >= 0.6 is 0 Å². The third kappa shape index (κ3) is 2.76. The van der Waals surface area contributed by atoms with Crippen LogP contribution in [0.1, 0.15) is 38.2 Å². The quantitative estimate of drug-likeness (QED) is 0.815. The first-order valence-corrected chi connectivity index (χ1v) is 6.30. The Balaban J connectivity index is 1.82.